The first-order valence-electron chi connectivity index (χ1n) is 7.53. The van der Waals surface area contributed by atoms with Gasteiger partial charge >= 0.3 is 5.97 Å². The van der Waals surface area contributed by atoms with Crippen molar-refractivity contribution in [2.24, 2.45) is 5.92 Å². The number of carbonyl (C=O) groups is 2. The Kier molecular flexibility index (Phi) is 5.41. The van der Waals surface area contributed by atoms with E-state index in [2.05, 4.69) is 26.2 Å². The average Bonchev–Trinajstić information content (AvgIpc) is 2.83. The highest BCUT2D eigenvalue weighted by molar-refractivity contribution is 9.10. The molecule has 124 valence electrons. The fourth-order valence-electron chi connectivity index (χ4n) is 2.47. The van der Waals surface area contributed by atoms with Crippen LogP contribution >= 0.6 is 15.9 Å². The summed E-state index contributed by atoms with van der Waals surface area (Å²) >= 11 is 3.38. The van der Waals surface area contributed by atoms with Crippen molar-refractivity contribution in [1.82, 2.24) is 14.7 Å². The summed E-state index contributed by atoms with van der Waals surface area (Å²) < 4.78 is 2.50. The summed E-state index contributed by atoms with van der Waals surface area (Å²) in [4.78, 5) is 28.5. The number of amides is 1. The molecule has 2 aromatic rings. The van der Waals surface area contributed by atoms with E-state index in [-0.39, 0.29) is 5.92 Å². The molecule has 2 aromatic heterocycles. The van der Waals surface area contributed by atoms with Crippen LogP contribution in [0.4, 0.5) is 0 Å². The van der Waals surface area contributed by atoms with Gasteiger partial charge in [0.2, 0.25) is 0 Å². The molecule has 0 fully saturated rings. The van der Waals surface area contributed by atoms with Crippen LogP contribution in [0.1, 0.15) is 43.4 Å². The number of aromatic nitrogens is 2. The van der Waals surface area contributed by atoms with E-state index in [9.17, 15) is 14.7 Å². The van der Waals surface area contributed by atoms with Crippen molar-refractivity contribution in [3.05, 3.63) is 34.2 Å². The third kappa shape index (κ3) is 3.90. The maximum absolute atomic E-state index is 12.7. The summed E-state index contributed by atoms with van der Waals surface area (Å²) in [6.45, 7) is 5.76. The molecule has 0 bridgehead atoms. The number of carbonyl (C=O) groups excluding carboxylic acids is 1. The molecule has 0 saturated heterocycles. The lowest BCUT2D eigenvalue weighted by molar-refractivity contribution is -0.139. The van der Waals surface area contributed by atoms with Gasteiger partial charge in [0.15, 0.2) is 0 Å². The number of nitrogens with one attached hydrogen (secondary N) is 1. The van der Waals surface area contributed by atoms with Crippen LogP contribution in [0.3, 0.4) is 0 Å². The van der Waals surface area contributed by atoms with Gasteiger partial charge < -0.3 is 10.4 Å². The van der Waals surface area contributed by atoms with Crippen molar-refractivity contribution < 1.29 is 14.7 Å². The topological polar surface area (TPSA) is 83.7 Å². The number of aryl methyl sites for hydroxylation is 1. The van der Waals surface area contributed by atoms with Crippen molar-refractivity contribution in [3.63, 3.8) is 0 Å². The maximum atomic E-state index is 12.7. The first-order valence-corrected chi connectivity index (χ1v) is 8.33. The van der Waals surface area contributed by atoms with Crippen molar-refractivity contribution in [3.8, 4) is 0 Å². The highest BCUT2D eigenvalue weighted by Crippen LogP contribution is 2.18. The second kappa shape index (κ2) is 7.12. The maximum Gasteiger partial charge on any atom is 0.326 e. The molecule has 0 radical (unpaired) electrons. The molecule has 23 heavy (non-hydrogen) atoms. The fourth-order valence-corrected chi connectivity index (χ4v) is 2.81. The standard InChI is InChI=1S/C16H20BrN3O3/c1-4-11-14(20-8-10(17)5-6-13(20)18-11)15(21)19-12(16(22)23)7-9(2)3/h5-6,8-9,12H,4,7H2,1-3H3,(H,19,21)(H,22,23). The lowest BCUT2D eigenvalue weighted by Gasteiger charge is -2.16. The monoisotopic (exact) mass is 381 g/mol. The number of hydrogen-bond acceptors (Lipinski definition) is 3. The third-order valence-electron chi connectivity index (χ3n) is 3.52. The Balaban J connectivity index is 2.39. The number of imidazole rings is 1. The number of pyridine rings is 1. The Hall–Kier alpha value is -1.89. The predicted molar refractivity (Wildman–Crippen MR) is 90.6 cm³/mol. The molecular weight excluding hydrogens is 362 g/mol. The first-order chi connectivity index (χ1) is 10.8. The molecule has 2 rings (SSSR count). The van der Waals surface area contributed by atoms with Crippen LogP contribution in [0, 0.1) is 5.92 Å². The SMILES string of the molecule is CCc1nc2ccc(Br)cn2c1C(=O)NC(CC(C)C)C(=O)O. The van der Waals surface area contributed by atoms with Gasteiger partial charge in [-0.3, -0.25) is 9.20 Å². The molecule has 0 aliphatic heterocycles. The van der Waals surface area contributed by atoms with Gasteiger partial charge in [0.05, 0.1) is 5.69 Å². The first kappa shape index (κ1) is 17.5. The Bertz CT molecular complexity index is 739. The minimum atomic E-state index is -1.03. The summed E-state index contributed by atoms with van der Waals surface area (Å²) in [5, 5.41) is 11.9. The zero-order valence-electron chi connectivity index (χ0n) is 13.3. The van der Waals surface area contributed by atoms with E-state index in [1.165, 1.54) is 0 Å². The second-order valence-electron chi connectivity index (χ2n) is 5.83. The highest BCUT2D eigenvalue weighted by Gasteiger charge is 2.25. The zero-order chi connectivity index (χ0) is 17.1. The normalized spacial score (nSPS) is 12.6. The molecule has 6 nitrogen and oxygen atoms in total. The van der Waals surface area contributed by atoms with Crippen molar-refractivity contribution in [2.75, 3.05) is 0 Å². The van der Waals surface area contributed by atoms with Crippen molar-refractivity contribution in [1.29, 1.82) is 0 Å². The van der Waals surface area contributed by atoms with Gasteiger partial charge in [0.25, 0.3) is 5.91 Å². The number of aliphatic carboxylic acids is 1. The van der Waals surface area contributed by atoms with Gasteiger partial charge in [-0.1, -0.05) is 20.8 Å². The number of rotatable bonds is 6. The fraction of sp³-hybridized carbons (Fsp3) is 0.438. The predicted octanol–water partition coefficient (Wildman–Crippen LogP) is 2.89. The Morgan fingerprint density at radius 1 is 1.39 bits per heavy atom. The van der Waals surface area contributed by atoms with Crippen LogP contribution in [0.15, 0.2) is 22.8 Å². The molecule has 0 saturated carbocycles. The van der Waals surface area contributed by atoms with Crippen LogP contribution in [-0.4, -0.2) is 32.4 Å². The number of hydrogen-bond donors (Lipinski definition) is 2. The Labute approximate surface area is 143 Å². The molecule has 1 atom stereocenters. The van der Waals surface area contributed by atoms with Crippen LogP contribution in [0.5, 0.6) is 0 Å². The van der Waals surface area contributed by atoms with Gasteiger partial charge in [-0.25, -0.2) is 9.78 Å². The average molecular weight is 382 g/mol. The molecule has 1 amide bonds. The van der Waals surface area contributed by atoms with E-state index < -0.39 is 17.9 Å². The van der Waals surface area contributed by atoms with Gasteiger partial charge in [0, 0.05) is 10.7 Å². The third-order valence-corrected chi connectivity index (χ3v) is 3.98. The minimum absolute atomic E-state index is 0.165. The van der Waals surface area contributed by atoms with E-state index in [1.54, 1.807) is 10.6 Å². The summed E-state index contributed by atoms with van der Waals surface area (Å²) in [5.41, 5.74) is 1.69. The molecular formula is C16H20BrN3O3. The minimum Gasteiger partial charge on any atom is -0.480 e. The molecule has 2 heterocycles. The Morgan fingerprint density at radius 2 is 2.09 bits per heavy atom. The van der Waals surface area contributed by atoms with Gasteiger partial charge in [-0.15, -0.1) is 0 Å². The second-order valence-corrected chi connectivity index (χ2v) is 6.75. The van der Waals surface area contributed by atoms with Crippen molar-refractivity contribution >= 4 is 33.5 Å². The lowest BCUT2D eigenvalue weighted by Crippen LogP contribution is -2.42. The summed E-state index contributed by atoms with van der Waals surface area (Å²) in [7, 11) is 0. The van der Waals surface area contributed by atoms with E-state index >= 15 is 0 Å². The number of halogens is 1. The van der Waals surface area contributed by atoms with Crippen LogP contribution in [-0.2, 0) is 11.2 Å². The van der Waals surface area contributed by atoms with E-state index in [4.69, 9.17) is 0 Å². The number of carboxylic acid groups (broad SMARTS) is 1. The Morgan fingerprint density at radius 3 is 2.65 bits per heavy atom. The molecule has 0 aliphatic rings. The summed E-state index contributed by atoms with van der Waals surface area (Å²) in [5.74, 6) is -1.28. The number of nitrogens with zero attached hydrogens (tertiary/aromatic N) is 2. The smallest absolute Gasteiger partial charge is 0.326 e. The van der Waals surface area contributed by atoms with Gasteiger partial charge in [0.1, 0.15) is 17.4 Å². The zero-order valence-corrected chi connectivity index (χ0v) is 14.9. The highest BCUT2D eigenvalue weighted by atomic mass is 79.9. The summed E-state index contributed by atoms with van der Waals surface area (Å²) in [6, 6.07) is 2.75. The largest absolute Gasteiger partial charge is 0.480 e. The van der Waals surface area contributed by atoms with Crippen LogP contribution in [0.25, 0.3) is 5.65 Å². The van der Waals surface area contributed by atoms with E-state index in [0.717, 1.165) is 4.47 Å². The lowest BCUT2D eigenvalue weighted by atomic mass is 10.0. The van der Waals surface area contributed by atoms with E-state index in [0.29, 0.717) is 29.9 Å². The van der Waals surface area contributed by atoms with Gasteiger partial charge in [-0.2, -0.15) is 0 Å². The quantitative estimate of drug-likeness (QED) is 0.805. The summed E-state index contributed by atoms with van der Waals surface area (Å²) in [6.07, 6.45) is 2.72. The molecule has 0 aliphatic carbocycles. The number of fused-ring (bicyclic) bond motifs is 1. The molecule has 2 N–H and O–H groups in total. The molecule has 1 unspecified atom stereocenters. The molecule has 0 aromatic carbocycles. The van der Waals surface area contributed by atoms with Crippen LogP contribution in [0.2, 0.25) is 0 Å². The molecule has 0 spiro atoms. The van der Waals surface area contributed by atoms with Crippen molar-refractivity contribution in [2.45, 2.75) is 39.7 Å². The van der Waals surface area contributed by atoms with E-state index in [1.807, 2.05) is 32.9 Å². The molecule has 7 heteroatoms. The van der Waals surface area contributed by atoms with Gasteiger partial charge in [-0.05, 0) is 46.8 Å². The number of carboxylic acids is 1. The van der Waals surface area contributed by atoms with Crippen LogP contribution < -0.4 is 5.32 Å².